The molecular formula is C25H50N2O. The van der Waals surface area contributed by atoms with E-state index in [1.165, 1.54) is 103 Å². The molecule has 0 bridgehead atoms. The summed E-state index contributed by atoms with van der Waals surface area (Å²) < 4.78 is 0. The fraction of sp³-hybridized carbons (Fsp3) is 0.960. The maximum Gasteiger partial charge on any atom is 0.317 e. The van der Waals surface area contributed by atoms with Crippen LogP contribution in [0.15, 0.2) is 0 Å². The highest BCUT2D eigenvalue weighted by molar-refractivity contribution is 5.74. The molecule has 1 atom stereocenters. The van der Waals surface area contributed by atoms with Crippen molar-refractivity contribution >= 4 is 6.03 Å². The lowest BCUT2D eigenvalue weighted by atomic mass is 10.0. The summed E-state index contributed by atoms with van der Waals surface area (Å²) in [5.41, 5.74) is 0. The Balaban J connectivity index is 1.76. The van der Waals surface area contributed by atoms with Crippen LogP contribution in [-0.2, 0) is 0 Å². The van der Waals surface area contributed by atoms with Crippen LogP contribution in [-0.4, -0.2) is 30.1 Å². The Kier molecular flexibility index (Phi) is 16.5. The molecule has 0 aromatic heterocycles. The molecule has 0 aliphatic carbocycles. The summed E-state index contributed by atoms with van der Waals surface area (Å²) in [7, 11) is 0. The van der Waals surface area contributed by atoms with Crippen molar-refractivity contribution in [2.45, 2.75) is 142 Å². The van der Waals surface area contributed by atoms with Crippen LogP contribution in [0.2, 0.25) is 0 Å². The van der Waals surface area contributed by atoms with Gasteiger partial charge in [0, 0.05) is 19.1 Å². The molecule has 1 rings (SSSR count). The van der Waals surface area contributed by atoms with Gasteiger partial charge < -0.3 is 10.2 Å². The standard InChI is InChI=1S/C25H50N2O/c1-3-4-5-6-7-8-9-10-11-12-13-14-15-16-17-19-22-26-25(28)27-23-20-18-21-24(27)2/h24H,3-23H2,1-2H3,(H,26,28)/t24-/m0/s1. The molecule has 1 fully saturated rings. The van der Waals surface area contributed by atoms with E-state index >= 15 is 0 Å². The summed E-state index contributed by atoms with van der Waals surface area (Å²) in [5.74, 6) is 0. The van der Waals surface area contributed by atoms with Crippen molar-refractivity contribution < 1.29 is 4.79 Å². The number of urea groups is 1. The fourth-order valence-electron chi connectivity index (χ4n) is 4.37. The van der Waals surface area contributed by atoms with Crippen LogP contribution in [0.4, 0.5) is 4.79 Å². The van der Waals surface area contributed by atoms with Gasteiger partial charge in [-0.15, -0.1) is 0 Å². The number of unbranched alkanes of at least 4 members (excludes halogenated alkanes) is 15. The first-order valence-corrected chi connectivity index (χ1v) is 12.8. The average Bonchev–Trinajstić information content (AvgIpc) is 2.70. The number of nitrogens with one attached hydrogen (secondary N) is 1. The molecule has 166 valence electrons. The Bertz CT molecular complexity index is 358. The van der Waals surface area contributed by atoms with Gasteiger partial charge in [-0.2, -0.15) is 0 Å². The number of nitrogens with zero attached hydrogens (tertiary/aromatic N) is 1. The second-order valence-electron chi connectivity index (χ2n) is 9.07. The second-order valence-corrected chi connectivity index (χ2v) is 9.07. The third-order valence-electron chi connectivity index (χ3n) is 6.37. The van der Waals surface area contributed by atoms with Crippen LogP contribution in [0, 0.1) is 0 Å². The molecule has 28 heavy (non-hydrogen) atoms. The highest BCUT2D eigenvalue weighted by atomic mass is 16.2. The third kappa shape index (κ3) is 13.4. The molecular weight excluding hydrogens is 344 g/mol. The van der Waals surface area contributed by atoms with Crippen LogP contribution in [0.5, 0.6) is 0 Å². The van der Waals surface area contributed by atoms with Gasteiger partial charge in [0.1, 0.15) is 0 Å². The average molecular weight is 395 g/mol. The zero-order valence-electron chi connectivity index (χ0n) is 19.3. The Hall–Kier alpha value is -0.730. The number of carbonyl (C=O) groups is 1. The maximum atomic E-state index is 12.2. The molecule has 2 amide bonds. The van der Waals surface area contributed by atoms with Gasteiger partial charge in [0.25, 0.3) is 0 Å². The monoisotopic (exact) mass is 394 g/mol. The van der Waals surface area contributed by atoms with E-state index < -0.39 is 0 Å². The number of amides is 2. The lowest BCUT2D eigenvalue weighted by Gasteiger charge is -2.33. The van der Waals surface area contributed by atoms with Crippen LogP contribution in [0.1, 0.15) is 136 Å². The van der Waals surface area contributed by atoms with E-state index in [2.05, 4.69) is 19.2 Å². The van der Waals surface area contributed by atoms with Crippen molar-refractivity contribution in [2.24, 2.45) is 0 Å². The van der Waals surface area contributed by atoms with Gasteiger partial charge in [-0.25, -0.2) is 4.79 Å². The molecule has 3 nitrogen and oxygen atoms in total. The Morgan fingerprint density at radius 2 is 1.21 bits per heavy atom. The summed E-state index contributed by atoms with van der Waals surface area (Å²) in [6, 6.07) is 0.577. The smallest absolute Gasteiger partial charge is 0.317 e. The van der Waals surface area contributed by atoms with E-state index in [0.29, 0.717) is 6.04 Å². The van der Waals surface area contributed by atoms with Gasteiger partial charge in [-0.05, 0) is 32.6 Å². The van der Waals surface area contributed by atoms with E-state index in [0.717, 1.165) is 32.4 Å². The molecule has 1 saturated heterocycles. The van der Waals surface area contributed by atoms with E-state index in [4.69, 9.17) is 0 Å². The minimum atomic E-state index is 0.160. The van der Waals surface area contributed by atoms with Gasteiger partial charge in [0.15, 0.2) is 0 Å². The van der Waals surface area contributed by atoms with E-state index in [-0.39, 0.29) is 6.03 Å². The number of likely N-dealkylation sites (tertiary alicyclic amines) is 1. The molecule has 0 spiro atoms. The first kappa shape index (κ1) is 25.3. The first-order valence-electron chi connectivity index (χ1n) is 12.8. The van der Waals surface area contributed by atoms with Crippen LogP contribution >= 0.6 is 0 Å². The lowest BCUT2D eigenvalue weighted by Crippen LogP contribution is -2.47. The van der Waals surface area contributed by atoms with Crippen LogP contribution < -0.4 is 5.32 Å². The quantitative estimate of drug-likeness (QED) is 0.250. The minimum Gasteiger partial charge on any atom is -0.338 e. The predicted octanol–water partition coefficient (Wildman–Crippen LogP) is 7.83. The second kappa shape index (κ2) is 18.3. The van der Waals surface area contributed by atoms with Crippen molar-refractivity contribution in [1.29, 1.82) is 0 Å². The Labute approximate surface area is 176 Å². The zero-order chi connectivity index (χ0) is 20.3. The van der Waals surface area contributed by atoms with E-state index in [9.17, 15) is 4.79 Å². The summed E-state index contributed by atoms with van der Waals surface area (Å²) >= 11 is 0. The molecule has 1 aliphatic heterocycles. The summed E-state index contributed by atoms with van der Waals surface area (Å²) in [5, 5.41) is 3.12. The van der Waals surface area contributed by atoms with Gasteiger partial charge in [0.2, 0.25) is 0 Å². The van der Waals surface area contributed by atoms with Crippen molar-refractivity contribution in [3.8, 4) is 0 Å². The molecule has 3 heteroatoms. The number of carbonyl (C=O) groups excluding carboxylic acids is 1. The molecule has 0 saturated carbocycles. The SMILES string of the molecule is CCCCCCCCCCCCCCCCCCNC(=O)N1CCCC[C@@H]1C. The number of hydrogen-bond donors (Lipinski definition) is 1. The normalized spacial score (nSPS) is 17.1. The largest absolute Gasteiger partial charge is 0.338 e. The van der Waals surface area contributed by atoms with Crippen molar-refractivity contribution in [1.82, 2.24) is 10.2 Å². The summed E-state index contributed by atoms with van der Waals surface area (Å²) in [4.78, 5) is 14.2. The first-order chi connectivity index (χ1) is 13.8. The lowest BCUT2D eigenvalue weighted by molar-refractivity contribution is 0.158. The molecule has 0 aromatic rings. The minimum absolute atomic E-state index is 0.160. The van der Waals surface area contributed by atoms with E-state index in [1.807, 2.05) is 4.90 Å². The van der Waals surface area contributed by atoms with Crippen molar-refractivity contribution in [3.63, 3.8) is 0 Å². The van der Waals surface area contributed by atoms with Gasteiger partial charge in [-0.3, -0.25) is 0 Å². The van der Waals surface area contributed by atoms with Crippen molar-refractivity contribution in [3.05, 3.63) is 0 Å². The number of piperidine rings is 1. The maximum absolute atomic E-state index is 12.2. The van der Waals surface area contributed by atoms with Crippen molar-refractivity contribution in [2.75, 3.05) is 13.1 Å². The number of hydrogen-bond acceptors (Lipinski definition) is 1. The summed E-state index contributed by atoms with van der Waals surface area (Å²) in [6.07, 6.45) is 25.8. The third-order valence-corrected chi connectivity index (χ3v) is 6.37. The molecule has 0 unspecified atom stereocenters. The molecule has 0 radical (unpaired) electrons. The Morgan fingerprint density at radius 3 is 1.68 bits per heavy atom. The fourth-order valence-corrected chi connectivity index (χ4v) is 4.37. The van der Waals surface area contributed by atoms with E-state index in [1.54, 1.807) is 0 Å². The Morgan fingerprint density at radius 1 is 0.750 bits per heavy atom. The molecule has 1 heterocycles. The number of rotatable bonds is 17. The van der Waals surface area contributed by atoms with Gasteiger partial charge in [0.05, 0.1) is 0 Å². The van der Waals surface area contributed by atoms with Gasteiger partial charge in [-0.1, -0.05) is 103 Å². The molecule has 1 aliphatic rings. The van der Waals surface area contributed by atoms with Crippen LogP contribution in [0.3, 0.4) is 0 Å². The highest BCUT2D eigenvalue weighted by Gasteiger charge is 2.22. The zero-order valence-corrected chi connectivity index (χ0v) is 19.3. The van der Waals surface area contributed by atoms with Gasteiger partial charge >= 0.3 is 6.03 Å². The molecule has 0 aromatic carbocycles. The van der Waals surface area contributed by atoms with Crippen LogP contribution in [0.25, 0.3) is 0 Å². The topological polar surface area (TPSA) is 32.3 Å². The highest BCUT2D eigenvalue weighted by Crippen LogP contribution is 2.16. The predicted molar refractivity (Wildman–Crippen MR) is 123 cm³/mol. The summed E-state index contributed by atoms with van der Waals surface area (Å²) in [6.45, 7) is 6.25. The molecule has 1 N–H and O–H groups in total.